The molecular formula is C26H26GeN2S. The van der Waals surface area contributed by atoms with Crippen molar-refractivity contribution in [2.45, 2.75) is 37.0 Å². The van der Waals surface area contributed by atoms with Gasteiger partial charge in [0.1, 0.15) is 0 Å². The van der Waals surface area contributed by atoms with Crippen molar-refractivity contribution in [2.24, 2.45) is 0 Å². The molecule has 2 aromatic carbocycles. The molecule has 3 heterocycles. The average Bonchev–Trinajstić information content (AvgIpc) is 3.10. The van der Waals surface area contributed by atoms with Crippen molar-refractivity contribution in [1.29, 1.82) is 0 Å². The molecule has 0 bridgehead atoms. The second kappa shape index (κ2) is 7.17. The van der Waals surface area contributed by atoms with Gasteiger partial charge in [-0.15, -0.1) is 0 Å². The zero-order valence-corrected chi connectivity index (χ0v) is 21.1. The maximum absolute atomic E-state index is 5.09. The molecule has 3 aromatic heterocycles. The predicted molar refractivity (Wildman–Crippen MR) is 135 cm³/mol. The Morgan fingerprint density at radius 1 is 0.867 bits per heavy atom. The molecule has 0 saturated carbocycles. The molecular weight excluding hydrogens is 445 g/mol. The van der Waals surface area contributed by atoms with E-state index in [1.165, 1.54) is 41.9 Å². The topological polar surface area (TPSA) is 25.8 Å². The van der Waals surface area contributed by atoms with E-state index in [-0.39, 0.29) is 0 Å². The Kier molecular flexibility index (Phi) is 4.71. The summed E-state index contributed by atoms with van der Waals surface area (Å²) in [6.07, 6.45) is 1.95. The van der Waals surface area contributed by atoms with Gasteiger partial charge in [0.2, 0.25) is 0 Å². The fourth-order valence-corrected chi connectivity index (χ4v) is 7.67. The Morgan fingerprint density at radius 3 is 2.43 bits per heavy atom. The fourth-order valence-electron chi connectivity index (χ4n) is 4.16. The molecule has 5 rings (SSSR count). The summed E-state index contributed by atoms with van der Waals surface area (Å²) in [4.78, 5) is 11.1. The second-order valence-corrected chi connectivity index (χ2v) is 20.9. The SMILES string of the molecule is CC(C)c1cc(-c2nccc3c2sc2n[c]([Ge]([CH3])([CH3])[CH3])ccc23)cc2ccccc12. The van der Waals surface area contributed by atoms with Gasteiger partial charge >= 0.3 is 185 Å². The van der Waals surface area contributed by atoms with Gasteiger partial charge < -0.3 is 0 Å². The first-order chi connectivity index (χ1) is 14.3. The van der Waals surface area contributed by atoms with E-state index in [9.17, 15) is 0 Å². The molecule has 0 aliphatic rings. The van der Waals surface area contributed by atoms with Gasteiger partial charge in [-0.1, -0.05) is 0 Å². The van der Waals surface area contributed by atoms with E-state index in [1.54, 1.807) is 11.3 Å². The summed E-state index contributed by atoms with van der Waals surface area (Å²) < 4.78 is 2.56. The van der Waals surface area contributed by atoms with Crippen molar-refractivity contribution in [2.75, 3.05) is 0 Å². The molecule has 0 fully saturated rings. The number of nitrogens with zero attached hydrogens (tertiary/aromatic N) is 2. The molecule has 30 heavy (non-hydrogen) atoms. The zero-order chi connectivity index (χ0) is 21.0. The summed E-state index contributed by atoms with van der Waals surface area (Å²) in [6, 6.07) is 20.0. The Hall–Kier alpha value is -2.24. The molecule has 4 heteroatoms. The molecule has 0 aliphatic heterocycles. The average molecular weight is 471 g/mol. The monoisotopic (exact) mass is 472 g/mol. The van der Waals surface area contributed by atoms with Crippen LogP contribution in [0.2, 0.25) is 17.3 Å². The number of fused-ring (bicyclic) bond motifs is 4. The first kappa shape index (κ1) is 19.7. The molecule has 0 saturated heterocycles. The summed E-state index contributed by atoms with van der Waals surface area (Å²) >= 11 is -0.178. The first-order valence-corrected chi connectivity index (χ1v) is 18.7. The number of hydrogen-bond donors (Lipinski definition) is 0. The van der Waals surface area contributed by atoms with Gasteiger partial charge in [0.05, 0.1) is 0 Å². The quantitative estimate of drug-likeness (QED) is 0.258. The van der Waals surface area contributed by atoms with E-state index in [0.29, 0.717) is 5.92 Å². The van der Waals surface area contributed by atoms with Crippen LogP contribution in [0.15, 0.2) is 60.8 Å². The van der Waals surface area contributed by atoms with Gasteiger partial charge in [-0.2, -0.15) is 0 Å². The minimum atomic E-state index is -1.97. The predicted octanol–water partition coefficient (Wildman–Crippen LogP) is 7.33. The van der Waals surface area contributed by atoms with Crippen LogP contribution in [0.1, 0.15) is 25.3 Å². The van der Waals surface area contributed by atoms with Gasteiger partial charge in [0, 0.05) is 0 Å². The zero-order valence-electron chi connectivity index (χ0n) is 18.2. The third kappa shape index (κ3) is 3.25. The number of thiophene rings is 1. The van der Waals surface area contributed by atoms with Gasteiger partial charge in [0.25, 0.3) is 0 Å². The van der Waals surface area contributed by atoms with E-state index >= 15 is 0 Å². The third-order valence-corrected chi connectivity index (χ3v) is 10.7. The fraction of sp³-hybridized carbons (Fsp3) is 0.231. The molecule has 0 amide bonds. The molecule has 0 atom stereocenters. The van der Waals surface area contributed by atoms with Crippen LogP contribution in [0.25, 0.3) is 42.3 Å². The van der Waals surface area contributed by atoms with E-state index < -0.39 is 13.3 Å². The Balaban J connectivity index is 1.79. The van der Waals surface area contributed by atoms with Crippen LogP contribution in [-0.2, 0) is 0 Å². The minimum absolute atomic E-state index is 0.458. The first-order valence-electron chi connectivity index (χ1n) is 10.5. The van der Waals surface area contributed by atoms with Crippen molar-refractivity contribution in [3.63, 3.8) is 0 Å². The van der Waals surface area contributed by atoms with E-state index in [4.69, 9.17) is 9.97 Å². The maximum atomic E-state index is 5.09. The third-order valence-electron chi connectivity index (χ3n) is 5.81. The molecule has 0 unspecified atom stereocenters. The summed E-state index contributed by atoms with van der Waals surface area (Å²) in [7, 11) is 0. The number of rotatable bonds is 3. The van der Waals surface area contributed by atoms with Crippen LogP contribution in [0.5, 0.6) is 0 Å². The molecule has 2 nitrogen and oxygen atoms in total. The van der Waals surface area contributed by atoms with Gasteiger partial charge in [-0.05, 0) is 0 Å². The van der Waals surface area contributed by atoms with Crippen molar-refractivity contribution in [3.8, 4) is 11.3 Å². The van der Waals surface area contributed by atoms with Crippen LogP contribution in [0.4, 0.5) is 0 Å². The van der Waals surface area contributed by atoms with Crippen LogP contribution in [-0.4, -0.2) is 23.2 Å². The van der Waals surface area contributed by atoms with Crippen molar-refractivity contribution >= 4 is 60.2 Å². The number of hydrogen-bond acceptors (Lipinski definition) is 3. The van der Waals surface area contributed by atoms with Crippen LogP contribution in [0, 0.1) is 0 Å². The molecule has 0 radical (unpaired) electrons. The number of benzene rings is 2. The van der Waals surface area contributed by atoms with E-state index in [1.807, 2.05) is 6.20 Å². The summed E-state index contributed by atoms with van der Waals surface area (Å²) in [6.45, 7) is 4.53. The summed E-state index contributed by atoms with van der Waals surface area (Å²) in [5.74, 6) is 7.66. The van der Waals surface area contributed by atoms with Crippen LogP contribution in [0.3, 0.4) is 0 Å². The van der Waals surface area contributed by atoms with Crippen molar-refractivity contribution in [3.05, 3.63) is 66.4 Å². The number of pyridine rings is 2. The summed E-state index contributed by atoms with van der Waals surface area (Å²) in [5, 5.41) is 5.13. The van der Waals surface area contributed by atoms with Crippen molar-refractivity contribution in [1.82, 2.24) is 9.97 Å². The van der Waals surface area contributed by atoms with Crippen LogP contribution < -0.4 is 4.53 Å². The standard InChI is InChI=1S/C26H26GeN2S/c1-16(2)22-15-18(14-17-8-6-7-9-19(17)22)24-25-20(12-13-28-24)21-10-11-23(27(3,4)5)29-26(21)30-25/h6-16H,1-5H3. The molecule has 5 aromatic rings. The van der Waals surface area contributed by atoms with Gasteiger partial charge in [-0.3, -0.25) is 0 Å². The van der Waals surface area contributed by atoms with E-state index in [2.05, 4.69) is 85.7 Å². The Labute approximate surface area is 184 Å². The second-order valence-electron chi connectivity index (χ2n) is 9.38. The Bertz CT molecular complexity index is 1410. The molecule has 0 N–H and O–H groups in total. The normalized spacial score (nSPS) is 12.5. The number of aromatic nitrogens is 2. The van der Waals surface area contributed by atoms with Gasteiger partial charge in [-0.25, -0.2) is 0 Å². The molecule has 150 valence electrons. The van der Waals surface area contributed by atoms with Gasteiger partial charge in [0.15, 0.2) is 0 Å². The summed E-state index contributed by atoms with van der Waals surface area (Å²) in [5.41, 5.74) is 3.65. The van der Waals surface area contributed by atoms with E-state index in [0.717, 1.165) is 10.5 Å². The van der Waals surface area contributed by atoms with Crippen molar-refractivity contribution < 1.29 is 0 Å². The molecule has 0 spiro atoms. The molecule has 0 aliphatic carbocycles. The van der Waals surface area contributed by atoms with Crippen LogP contribution >= 0.6 is 11.3 Å². The Morgan fingerprint density at radius 2 is 1.67 bits per heavy atom.